The average Bonchev–Trinajstić information content (AvgIpc) is 3.08. The molecule has 0 saturated carbocycles. The Bertz CT molecular complexity index is 836. The number of aryl methyl sites for hydroxylation is 1. The number of benzene rings is 1. The maximum absolute atomic E-state index is 11.3. The van der Waals surface area contributed by atoms with E-state index in [1.807, 2.05) is 18.2 Å². The van der Waals surface area contributed by atoms with Crippen molar-refractivity contribution in [3.8, 4) is 0 Å². The van der Waals surface area contributed by atoms with Gasteiger partial charge in [0.05, 0.1) is 12.2 Å². The zero-order chi connectivity index (χ0) is 15.5. The molecule has 2 aromatic heterocycles. The van der Waals surface area contributed by atoms with Crippen LogP contribution < -0.4 is 5.69 Å². The van der Waals surface area contributed by atoms with Crippen LogP contribution >= 0.6 is 11.8 Å². The quantitative estimate of drug-likeness (QED) is 0.720. The topological polar surface area (TPSA) is 89.6 Å². The van der Waals surface area contributed by atoms with Crippen molar-refractivity contribution >= 4 is 11.8 Å². The van der Waals surface area contributed by atoms with Gasteiger partial charge in [-0.15, -0.1) is 15.3 Å². The fourth-order valence-electron chi connectivity index (χ4n) is 1.98. The summed E-state index contributed by atoms with van der Waals surface area (Å²) >= 11 is 1.37. The molecule has 0 aliphatic carbocycles. The highest BCUT2D eigenvalue weighted by Crippen LogP contribution is 2.19. The van der Waals surface area contributed by atoms with Crippen molar-refractivity contribution in [2.24, 2.45) is 7.05 Å². The number of rotatable bonds is 5. The first-order chi connectivity index (χ1) is 10.6. The van der Waals surface area contributed by atoms with Gasteiger partial charge in [-0.05, 0) is 18.1 Å². The van der Waals surface area contributed by atoms with Crippen LogP contribution in [0.15, 0.2) is 38.6 Å². The van der Waals surface area contributed by atoms with Gasteiger partial charge >= 0.3 is 5.69 Å². The lowest BCUT2D eigenvalue weighted by molar-refractivity contribution is 0.473. The van der Waals surface area contributed by atoms with E-state index < -0.39 is 0 Å². The fourth-order valence-corrected chi connectivity index (χ4v) is 2.73. The monoisotopic (exact) mass is 317 g/mol. The zero-order valence-electron chi connectivity index (χ0n) is 12.2. The van der Waals surface area contributed by atoms with Crippen LogP contribution in [-0.4, -0.2) is 25.0 Å². The maximum Gasteiger partial charge on any atom is 0.343 e. The number of H-pyrrole nitrogens is 1. The van der Waals surface area contributed by atoms with Crippen molar-refractivity contribution in [3.05, 3.63) is 57.7 Å². The predicted octanol–water partition coefficient (Wildman–Crippen LogP) is 1.68. The molecule has 3 aromatic rings. The highest BCUT2D eigenvalue weighted by Gasteiger charge is 2.11. The minimum absolute atomic E-state index is 0.242. The second-order valence-electron chi connectivity index (χ2n) is 4.85. The van der Waals surface area contributed by atoms with Crippen LogP contribution in [0.25, 0.3) is 0 Å². The number of nitrogens with zero attached hydrogens (tertiary/aromatic N) is 4. The van der Waals surface area contributed by atoms with E-state index in [1.54, 1.807) is 7.05 Å². The summed E-state index contributed by atoms with van der Waals surface area (Å²) in [5.74, 6) is 1.57. The molecule has 0 fully saturated rings. The molecule has 114 valence electrons. The third kappa shape index (κ3) is 3.11. The molecule has 0 bridgehead atoms. The summed E-state index contributed by atoms with van der Waals surface area (Å²) in [6, 6.07) is 8.10. The maximum atomic E-state index is 11.3. The first kappa shape index (κ1) is 14.6. The second kappa shape index (κ2) is 6.18. The van der Waals surface area contributed by atoms with E-state index >= 15 is 0 Å². The lowest BCUT2D eigenvalue weighted by Crippen LogP contribution is -2.12. The molecule has 0 spiro atoms. The molecular formula is C14H15N5O2S. The molecule has 7 nitrogen and oxygen atoms in total. The Labute approximate surface area is 130 Å². The molecule has 8 heteroatoms. The predicted molar refractivity (Wildman–Crippen MR) is 81.7 cm³/mol. The smallest absolute Gasteiger partial charge is 0.343 e. The third-order valence-corrected chi connectivity index (χ3v) is 4.29. The van der Waals surface area contributed by atoms with Crippen LogP contribution in [0.3, 0.4) is 0 Å². The zero-order valence-corrected chi connectivity index (χ0v) is 13.1. The summed E-state index contributed by atoms with van der Waals surface area (Å²) in [6.07, 6.45) is 0.616. The Kier molecular flexibility index (Phi) is 4.10. The molecule has 0 amide bonds. The molecule has 0 radical (unpaired) electrons. The van der Waals surface area contributed by atoms with Crippen molar-refractivity contribution in [1.29, 1.82) is 0 Å². The van der Waals surface area contributed by atoms with Gasteiger partial charge in [-0.25, -0.2) is 9.89 Å². The Morgan fingerprint density at radius 2 is 2.05 bits per heavy atom. The molecular weight excluding hydrogens is 302 g/mol. The van der Waals surface area contributed by atoms with Gasteiger partial charge in [-0.2, -0.15) is 0 Å². The largest absolute Gasteiger partial charge is 0.424 e. The van der Waals surface area contributed by atoms with Crippen molar-refractivity contribution in [2.45, 2.75) is 24.3 Å². The molecule has 1 N–H and O–H groups in total. The number of aromatic nitrogens is 5. The van der Waals surface area contributed by atoms with E-state index in [0.29, 0.717) is 29.1 Å². The summed E-state index contributed by atoms with van der Waals surface area (Å²) in [6.45, 7) is 2.06. The van der Waals surface area contributed by atoms with E-state index in [2.05, 4.69) is 33.4 Å². The van der Waals surface area contributed by atoms with Crippen molar-refractivity contribution in [1.82, 2.24) is 25.0 Å². The first-order valence-electron chi connectivity index (χ1n) is 6.73. The lowest BCUT2D eigenvalue weighted by Gasteiger charge is -2.01. The molecule has 22 heavy (non-hydrogen) atoms. The van der Waals surface area contributed by atoms with Crippen LogP contribution in [0.5, 0.6) is 0 Å². The minimum atomic E-state index is -0.242. The second-order valence-corrected chi connectivity index (χ2v) is 5.79. The summed E-state index contributed by atoms with van der Waals surface area (Å²) in [5, 5.41) is 15.0. The van der Waals surface area contributed by atoms with Crippen molar-refractivity contribution in [3.63, 3.8) is 0 Å². The molecule has 0 aliphatic heterocycles. The minimum Gasteiger partial charge on any atom is -0.424 e. The summed E-state index contributed by atoms with van der Waals surface area (Å²) in [7, 11) is 1.66. The van der Waals surface area contributed by atoms with Crippen LogP contribution in [0.2, 0.25) is 0 Å². The van der Waals surface area contributed by atoms with Gasteiger partial charge in [0, 0.05) is 7.05 Å². The van der Waals surface area contributed by atoms with E-state index in [9.17, 15) is 4.79 Å². The molecule has 2 heterocycles. The first-order valence-corrected chi connectivity index (χ1v) is 7.72. The normalized spacial score (nSPS) is 11.0. The van der Waals surface area contributed by atoms with E-state index in [-0.39, 0.29) is 5.69 Å². The molecule has 3 rings (SSSR count). The standard InChI is InChI=1S/C14H15N5O2S/c1-9-5-3-4-6-10(9)7-11-15-16-12(21-11)8-22-14-18-17-13(20)19(14)2/h3-6H,7-8H2,1-2H3,(H,17,20). The van der Waals surface area contributed by atoms with E-state index in [4.69, 9.17) is 4.42 Å². The summed E-state index contributed by atoms with van der Waals surface area (Å²) in [5.41, 5.74) is 2.12. The van der Waals surface area contributed by atoms with Gasteiger partial charge < -0.3 is 4.42 Å². The highest BCUT2D eigenvalue weighted by molar-refractivity contribution is 7.98. The Morgan fingerprint density at radius 1 is 1.27 bits per heavy atom. The Hall–Kier alpha value is -2.35. The van der Waals surface area contributed by atoms with E-state index in [1.165, 1.54) is 27.5 Å². The van der Waals surface area contributed by atoms with Gasteiger partial charge in [0.2, 0.25) is 11.8 Å². The van der Waals surface area contributed by atoms with Crippen molar-refractivity contribution in [2.75, 3.05) is 0 Å². The summed E-state index contributed by atoms with van der Waals surface area (Å²) < 4.78 is 7.08. The number of hydrogen-bond acceptors (Lipinski definition) is 6. The van der Waals surface area contributed by atoms with Gasteiger partial charge in [-0.3, -0.25) is 4.57 Å². The van der Waals surface area contributed by atoms with Crippen LogP contribution in [0.4, 0.5) is 0 Å². The SMILES string of the molecule is Cc1ccccc1Cc1nnc(CSc2n[nH]c(=O)n2C)o1. The molecule has 0 saturated heterocycles. The molecule has 0 unspecified atom stereocenters. The van der Waals surface area contributed by atoms with Gasteiger partial charge in [0.15, 0.2) is 5.16 Å². The van der Waals surface area contributed by atoms with Gasteiger partial charge in [0.25, 0.3) is 0 Å². The average molecular weight is 317 g/mol. The molecule has 0 atom stereocenters. The van der Waals surface area contributed by atoms with Gasteiger partial charge in [-0.1, -0.05) is 36.0 Å². The Morgan fingerprint density at radius 3 is 2.77 bits per heavy atom. The molecule has 1 aromatic carbocycles. The Balaban J connectivity index is 1.65. The number of thioether (sulfide) groups is 1. The van der Waals surface area contributed by atoms with Crippen LogP contribution in [-0.2, 0) is 19.2 Å². The van der Waals surface area contributed by atoms with Crippen LogP contribution in [0, 0.1) is 6.92 Å². The highest BCUT2D eigenvalue weighted by atomic mass is 32.2. The van der Waals surface area contributed by atoms with Crippen LogP contribution in [0.1, 0.15) is 22.9 Å². The number of nitrogens with one attached hydrogen (secondary N) is 1. The summed E-state index contributed by atoms with van der Waals surface area (Å²) in [4.78, 5) is 11.3. The van der Waals surface area contributed by atoms with E-state index in [0.717, 1.165) is 0 Å². The van der Waals surface area contributed by atoms with Gasteiger partial charge in [0.1, 0.15) is 0 Å². The number of aromatic amines is 1. The fraction of sp³-hybridized carbons (Fsp3) is 0.286. The third-order valence-electron chi connectivity index (χ3n) is 3.28. The van der Waals surface area contributed by atoms with Crippen molar-refractivity contribution < 1.29 is 4.42 Å². The lowest BCUT2D eigenvalue weighted by atomic mass is 10.1. The molecule has 0 aliphatic rings. The number of hydrogen-bond donors (Lipinski definition) is 1.